The van der Waals surface area contributed by atoms with Crippen LogP contribution >= 0.6 is 0 Å². The monoisotopic (exact) mass is 258 g/mol. The van der Waals surface area contributed by atoms with Gasteiger partial charge in [0.2, 0.25) is 0 Å². The van der Waals surface area contributed by atoms with Crippen LogP contribution in [0.15, 0.2) is 18.2 Å². The van der Waals surface area contributed by atoms with Gasteiger partial charge in [0.15, 0.2) is 5.82 Å². The molecule has 18 heavy (non-hydrogen) atoms. The third kappa shape index (κ3) is 2.67. The Morgan fingerprint density at radius 1 is 1.33 bits per heavy atom. The maximum Gasteiger partial charge on any atom is 0.418 e. The number of hydrogen-bond acceptors (Lipinski definition) is 5. The predicted molar refractivity (Wildman–Crippen MR) is 57.4 cm³/mol. The molecule has 1 aromatic heterocycles. The van der Waals surface area contributed by atoms with E-state index < -0.39 is 11.7 Å². The number of anilines is 2. The molecule has 0 unspecified atom stereocenters. The molecular weight excluding hydrogens is 249 g/mol. The van der Waals surface area contributed by atoms with Gasteiger partial charge < -0.3 is 11.1 Å². The lowest BCUT2D eigenvalue weighted by atomic mass is 10.1. The van der Waals surface area contributed by atoms with Crippen LogP contribution in [-0.4, -0.2) is 20.6 Å². The first-order chi connectivity index (χ1) is 8.47. The summed E-state index contributed by atoms with van der Waals surface area (Å²) in [6, 6.07) is 3.52. The number of benzene rings is 1. The molecule has 0 atom stereocenters. The van der Waals surface area contributed by atoms with Crippen molar-refractivity contribution < 1.29 is 13.2 Å². The first kappa shape index (κ1) is 12.1. The number of nitrogens with one attached hydrogen (secondary N) is 2. The molecule has 1 aromatic carbocycles. The standard InChI is InChI=1S/C9H9F3N6/c10-9(11,12)6-3-5(13)1-2-7(6)14-4-8-15-17-18-16-8/h1-3,14H,4,13H2,(H,15,16,17,18). The minimum atomic E-state index is -4.48. The van der Waals surface area contributed by atoms with Crippen molar-refractivity contribution in [3.05, 3.63) is 29.6 Å². The lowest BCUT2D eigenvalue weighted by Gasteiger charge is -2.14. The largest absolute Gasteiger partial charge is 0.418 e. The van der Waals surface area contributed by atoms with E-state index in [9.17, 15) is 13.2 Å². The van der Waals surface area contributed by atoms with E-state index in [0.717, 1.165) is 6.07 Å². The van der Waals surface area contributed by atoms with E-state index in [1.165, 1.54) is 12.1 Å². The van der Waals surface area contributed by atoms with E-state index >= 15 is 0 Å². The van der Waals surface area contributed by atoms with Crippen molar-refractivity contribution in [3.63, 3.8) is 0 Å². The van der Waals surface area contributed by atoms with Gasteiger partial charge in [0.25, 0.3) is 0 Å². The number of nitrogens with zero attached hydrogens (tertiary/aromatic N) is 3. The van der Waals surface area contributed by atoms with Gasteiger partial charge in [-0.1, -0.05) is 5.21 Å². The zero-order valence-electron chi connectivity index (χ0n) is 8.99. The van der Waals surface area contributed by atoms with Gasteiger partial charge in [0.1, 0.15) is 0 Å². The van der Waals surface area contributed by atoms with Gasteiger partial charge in [-0.3, -0.25) is 0 Å². The molecule has 0 aliphatic heterocycles. The van der Waals surface area contributed by atoms with Crippen LogP contribution in [0.3, 0.4) is 0 Å². The molecule has 4 N–H and O–H groups in total. The lowest BCUT2D eigenvalue weighted by Crippen LogP contribution is -2.12. The topological polar surface area (TPSA) is 92.5 Å². The van der Waals surface area contributed by atoms with Crippen LogP contribution in [0.4, 0.5) is 24.5 Å². The Kier molecular flexibility index (Phi) is 3.04. The maximum absolute atomic E-state index is 12.7. The Morgan fingerprint density at radius 2 is 2.11 bits per heavy atom. The highest BCUT2D eigenvalue weighted by Crippen LogP contribution is 2.36. The van der Waals surface area contributed by atoms with Crippen molar-refractivity contribution in [1.82, 2.24) is 20.6 Å². The molecule has 0 fully saturated rings. The molecule has 2 aromatic rings. The molecule has 0 bridgehead atoms. The molecule has 0 saturated heterocycles. The molecule has 2 rings (SSSR count). The highest BCUT2D eigenvalue weighted by atomic mass is 19.4. The van der Waals surface area contributed by atoms with E-state index in [-0.39, 0.29) is 23.7 Å². The van der Waals surface area contributed by atoms with Crippen LogP contribution in [0.1, 0.15) is 11.4 Å². The smallest absolute Gasteiger partial charge is 0.399 e. The molecular formula is C9H9F3N6. The minimum absolute atomic E-state index is 0.0312. The summed E-state index contributed by atoms with van der Waals surface area (Å²) in [7, 11) is 0. The summed E-state index contributed by atoms with van der Waals surface area (Å²) in [5.41, 5.74) is 4.49. The quantitative estimate of drug-likeness (QED) is 0.724. The van der Waals surface area contributed by atoms with E-state index in [0.29, 0.717) is 0 Å². The van der Waals surface area contributed by atoms with Crippen LogP contribution in [0.5, 0.6) is 0 Å². The summed E-state index contributed by atoms with van der Waals surface area (Å²) >= 11 is 0. The van der Waals surface area contributed by atoms with Crippen molar-refractivity contribution in [2.75, 3.05) is 11.1 Å². The second kappa shape index (κ2) is 4.51. The van der Waals surface area contributed by atoms with Crippen LogP contribution in [0.2, 0.25) is 0 Å². The molecule has 0 aliphatic rings. The summed E-state index contributed by atoms with van der Waals surface area (Å²) in [6.45, 7) is 0.0312. The molecule has 0 amide bonds. The fourth-order valence-electron chi connectivity index (χ4n) is 1.38. The Labute approximate surface area is 99.4 Å². The second-order valence-electron chi connectivity index (χ2n) is 3.48. The summed E-state index contributed by atoms with van der Waals surface area (Å²) in [6.07, 6.45) is -4.48. The summed E-state index contributed by atoms with van der Waals surface area (Å²) in [5.74, 6) is 0.264. The number of alkyl halides is 3. The van der Waals surface area contributed by atoms with Crippen LogP contribution in [0, 0.1) is 0 Å². The molecule has 0 aliphatic carbocycles. The molecule has 1 heterocycles. The van der Waals surface area contributed by atoms with Crippen LogP contribution in [-0.2, 0) is 12.7 Å². The van der Waals surface area contributed by atoms with E-state index in [1.54, 1.807) is 0 Å². The zero-order chi connectivity index (χ0) is 13.2. The highest BCUT2D eigenvalue weighted by Gasteiger charge is 2.33. The van der Waals surface area contributed by atoms with E-state index in [1.807, 2.05) is 0 Å². The number of nitrogen functional groups attached to an aromatic ring is 1. The van der Waals surface area contributed by atoms with Gasteiger partial charge in [-0.2, -0.15) is 18.4 Å². The van der Waals surface area contributed by atoms with Gasteiger partial charge in [-0.05, 0) is 18.2 Å². The zero-order valence-corrected chi connectivity index (χ0v) is 8.99. The number of H-pyrrole nitrogens is 1. The number of hydrogen-bond donors (Lipinski definition) is 3. The van der Waals surface area contributed by atoms with Crippen molar-refractivity contribution in [3.8, 4) is 0 Å². The average Bonchev–Trinajstić information content (AvgIpc) is 2.79. The fourth-order valence-corrected chi connectivity index (χ4v) is 1.38. The van der Waals surface area contributed by atoms with Gasteiger partial charge in [0.05, 0.1) is 12.1 Å². The molecule has 9 heteroatoms. The predicted octanol–water partition coefficient (Wildman–Crippen LogP) is 1.41. The number of aromatic nitrogens is 4. The number of tetrazole rings is 1. The molecule has 6 nitrogen and oxygen atoms in total. The van der Waals surface area contributed by atoms with Gasteiger partial charge >= 0.3 is 6.18 Å². The third-order valence-electron chi connectivity index (χ3n) is 2.18. The number of aromatic amines is 1. The van der Waals surface area contributed by atoms with Crippen molar-refractivity contribution in [2.24, 2.45) is 0 Å². The minimum Gasteiger partial charge on any atom is -0.399 e. The Morgan fingerprint density at radius 3 is 2.72 bits per heavy atom. The normalized spacial score (nSPS) is 11.5. The number of rotatable bonds is 3. The molecule has 0 radical (unpaired) electrons. The van der Waals surface area contributed by atoms with Crippen molar-refractivity contribution >= 4 is 11.4 Å². The third-order valence-corrected chi connectivity index (χ3v) is 2.18. The Bertz CT molecular complexity index is 522. The maximum atomic E-state index is 12.7. The highest BCUT2D eigenvalue weighted by molar-refractivity contribution is 5.59. The molecule has 0 spiro atoms. The SMILES string of the molecule is Nc1ccc(NCc2nn[nH]n2)c(C(F)(F)F)c1. The lowest BCUT2D eigenvalue weighted by molar-refractivity contribution is -0.136. The first-order valence-corrected chi connectivity index (χ1v) is 4.90. The first-order valence-electron chi connectivity index (χ1n) is 4.90. The summed E-state index contributed by atoms with van der Waals surface area (Å²) in [4.78, 5) is 0. The Hall–Kier alpha value is -2.32. The van der Waals surface area contributed by atoms with E-state index in [4.69, 9.17) is 5.73 Å². The number of halogens is 3. The van der Waals surface area contributed by atoms with Crippen molar-refractivity contribution in [1.29, 1.82) is 0 Å². The van der Waals surface area contributed by atoms with Gasteiger partial charge in [-0.15, -0.1) is 10.2 Å². The molecule has 96 valence electrons. The van der Waals surface area contributed by atoms with E-state index in [2.05, 4.69) is 25.9 Å². The second-order valence-corrected chi connectivity index (χ2v) is 3.48. The average molecular weight is 258 g/mol. The van der Waals surface area contributed by atoms with Gasteiger partial charge in [-0.25, -0.2) is 0 Å². The van der Waals surface area contributed by atoms with Crippen molar-refractivity contribution in [2.45, 2.75) is 12.7 Å². The van der Waals surface area contributed by atoms with Crippen LogP contribution < -0.4 is 11.1 Å². The van der Waals surface area contributed by atoms with Crippen LogP contribution in [0.25, 0.3) is 0 Å². The molecule has 0 saturated carbocycles. The number of nitrogens with two attached hydrogens (primary N) is 1. The summed E-state index contributed by atoms with van der Waals surface area (Å²) < 4.78 is 38.2. The Balaban J connectivity index is 2.22. The summed E-state index contributed by atoms with van der Waals surface area (Å²) in [5, 5.41) is 15.3. The van der Waals surface area contributed by atoms with Gasteiger partial charge in [0, 0.05) is 11.4 Å². The fraction of sp³-hybridized carbons (Fsp3) is 0.222.